The van der Waals surface area contributed by atoms with Crippen molar-refractivity contribution in [3.8, 4) is 11.6 Å². The van der Waals surface area contributed by atoms with Gasteiger partial charge in [0, 0.05) is 16.6 Å². The van der Waals surface area contributed by atoms with E-state index >= 15 is 0 Å². The molecule has 1 heterocycles. The minimum absolute atomic E-state index is 0.0110. The molecule has 2 N–H and O–H groups in total. The van der Waals surface area contributed by atoms with Gasteiger partial charge < -0.3 is 10.5 Å². The summed E-state index contributed by atoms with van der Waals surface area (Å²) in [5.41, 5.74) is 5.45. The molecule has 0 aliphatic carbocycles. The molecule has 2 rings (SSSR count). The monoisotopic (exact) mass is 367 g/mol. The molecule has 0 bridgehead atoms. The van der Waals surface area contributed by atoms with Crippen molar-refractivity contribution in [2.45, 2.75) is 0 Å². The zero-order chi connectivity index (χ0) is 13.3. The zero-order valence-corrected chi connectivity index (χ0v) is 12.5. The molecule has 0 radical (unpaired) electrons. The average molecular weight is 369 g/mol. The fourth-order valence-corrected chi connectivity index (χ4v) is 2.17. The van der Waals surface area contributed by atoms with Crippen molar-refractivity contribution in [1.82, 2.24) is 9.97 Å². The van der Waals surface area contributed by atoms with Crippen LogP contribution in [0.3, 0.4) is 0 Å². The Kier molecular flexibility index (Phi) is 4.17. The summed E-state index contributed by atoms with van der Waals surface area (Å²) in [4.78, 5) is 7.58. The van der Waals surface area contributed by atoms with Gasteiger partial charge in [-0.2, -0.15) is 4.98 Å². The number of nitrogens with two attached hydrogens (primary N) is 1. The number of rotatable bonds is 2. The predicted octanol–water partition coefficient (Wildman–Crippen LogP) is 4.57. The molecule has 0 saturated carbocycles. The van der Waals surface area contributed by atoms with Crippen LogP contribution in [0.15, 0.2) is 22.7 Å². The van der Waals surface area contributed by atoms with Crippen LogP contribution in [0.25, 0.3) is 0 Å². The van der Waals surface area contributed by atoms with Gasteiger partial charge in [0.2, 0.25) is 11.8 Å². The van der Waals surface area contributed by atoms with Crippen molar-refractivity contribution in [1.29, 1.82) is 0 Å². The number of hydrogen-bond acceptors (Lipinski definition) is 4. The molecule has 1 aromatic heterocycles. The first-order valence-corrected chi connectivity index (χ1v) is 6.51. The molecule has 0 aliphatic heterocycles. The number of aromatic nitrogens is 2. The third-order valence-corrected chi connectivity index (χ3v) is 3.56. The highest BCUT2D eigenvalue weighted by atomic mass is 79.9. The van der Waals surface area contributed by atoms with E-state index in [2.05, 4.69) is 25.9 Å². The first-order valence-electron chi connectivity index (χ1n) is 4.58. The van der Waals surface area contributed by atoms with E-state index in [1.54, 1.807) is 12.1 Å². The lowest BCUT2D eigenvalue weighted by Crippen LogP contribution is -1.97. The fraction of sp³-hybridized carbons (Fsp3) is 0. The van der Waals surface area contributed by atoms with E-state index in [0.717, 1.165) is 0 Å². The van der Waals surface area contributed by atoms with Gasteiger partial charge in [-0.15, -0.1) is 0 Å². The van der Waals surface area contributed by atoms with Gasteiger partial charge in [-0.3, -0.25) is 0 Å². The lowest BCUT2D eigenvalue weighted by atomic mass is 10.3. The molecule has 18 heavy (non-hydrogen) atoms. The van der Waals surface area contributed by atoms with Crippen LogP contribution in [0.2, 0.25) is 15.2 Å². The smallest absolute Gasteiger partial charge is 0.225 e. The summed E-state index contributed by atoms with van der Waals surface area (Å²) in [5.74, 6) is 0.545. The molecule has 2 aromatic rings. The van der Waals surface area contributed by atoms with E-state index in [4.69, 9.17) is 45.3 Å². The summed E-state index contributed by atoms with van der Waals surface area (Å²) < 4.78 is 6.12. The second kappa shape index (κ2) is 5.48. The van der Waals surface area contributed by atoms with E-state index in [1.807, 2.05) is 0 Å². The Labute approximate surface area is 126 Å². The van der Waals surface area contributed by atoms with Crippen LogP contribution in [0, 0.1) is 0 Å². The van der Waals surface area contributed by atoms with Crippen LogP contribution >= 0.6 is 50.7 Å². The average Bonchev–Trinajstić information content (AvgIpc) is 2.24. The molecule has 0 unspecified atom stereocenters. The summed E-state index contributed by atoms with van der Waals surface area (Å²) in [6.07, 6.45) is 0. The van der Waals surface area contributed by atoms with Crippen molar-refractivity contribution in [3.63, 3.8) is 0 Å². The van der Waals surface area contributed by atoms with Crippen LogP contribution in [0.1, 0.15) is 0 Å². The number of ether oxygens (including phenoxy) is 1. The molecular weight excluding hydrogens is 364 g/mol. The number of hydrogen-bond donors (Lipinski definition) is 1. The van der Waals surface area contributed by atoms with Crippen molar-refractivity contribution in [3.05, 3.63) is 37.9 Å². The van der Waals surface area contributed by atoms with Crippen LogP contribution in [-0.2, 0) is 0 Å². The van der Waals surface area contributed by atoms with E-state index in [1.165, 1.54) is 6.07 Å². The van der Waals surface area contributed by atoms with Crippen molar-refractivity contribution in [2.24, 2.45) is 0 Å². The highest BCUT2D eigenvalue weighted by Crippen LogP contribution is 2.36. The Bertz CT molecular complexity index is 589. The van der Waals surface area contributed by atoms with E-state index in [-0.39, 0.29) is 17.0 Å². The van der Waals surface area contributed by atoms with Crippen LogP contribution < -0.4 is 10.5 Å². The van der Waals surface area contributed by atoms with Crippen LogP contribution in [0.4, 0.5) is 5.95 Å². The molecule has 0 fully saturated rings. The number of benzene rings is 1. The molecule has 94 valence electrons. The summed E-state index contributed by atoms with van der Waals surface area (Å²) in [5, 5.41) is 1.01. The van der Waals surface area contributed by atoms with Gasteiger partial charge in [-0.05, 0) is 22.0 Å². The number of halogens is 4. The maximum Gasteiger partial charge on any atom is 0.225 e. The van der Waals surface area contributed by atoms with Gasteiger partial charge in [-0.25, -0.2) is 4.98 Å². The summed E-state index contributed by atoms with van der Waals surface area (Å²) in [7, 11) is 0. The van der Waals surface area contributed by atoms with Gasteiger partial charge in [0.05, 0.1) is 10.0 Å². The Morgan fingerprint density at radius 1 is 1.06 bits per heavy atom. The second-order valence-electron chi connectivity index (χ2n) is 3.19. The molecule has 0 atom stereocenters. The lowest BCUT2D eigenvalue weighted by molar-refractivity contribution is 0.463. The number of nitrogen functional groups attached to an aromatic ring is 1. The molecule has 0 amide bonds. The summed E-state index contributed by atoms with van der Waals surface area (Å²) in [6.45, 7) is 0. The Morgan fingerprint density at radius 3 is 2.44 bits per heavy atom. The second-order valence-corrected chi connectivity index (χ2v) is 5.24. The van der Waals surface area contributed by atoms with E-state index in [9.17, 15) is 0 Å². The highest BCUT2D eigenvalue weighted by Gasteiger charge is 2.10. The molecule has 4 nitrogen and oxygen atoms in total. The third kappa shape index (κ3) is 3.17. The van der Waals surface area contributed by atoms with Crippen LogP contribution in [0.5, 0.6) is 11.6 Å². The lowest BCUT2D eigenvalue weighted by Gasteiger charge is -2.08. The minimum Gasteiger partial charge on any atom is -0.437 e. The Balaban J connectivity index is 2.36. The molecule has 1 aromatic carbocycles. The summed E-state index contributed by atoms with van der Waals surface area (Å²) in [6, 6.07) is 4.59. The van der Waals surface area contributed by atoms with Gasteiger partial charge in [0.1, 0.15) is 10.9 Å². The SMILES string of the molecule is Nc1nc(Cl)cc(Oc2cc(Cl)c(Br)cc2Cl)n1. The largest absolute Gasteiger partial charge is 0.437 e. The molecule has 0 saturated heterocycles. The third-order valence-electron chi connectivity index (χ3n) is 1.88. The Morgan fingerprint density at radius 2 is 1.78 bits per heavy atom. The molecule has 0 aliphatic rings. The van der Waals surface area contributed by atoms with Crippen molar-refractivity contribution in [2.75, 3.05) is 5.73 Å². The standard InChI is InChI=1S/C10H5BrCl3N3O/c11-4-1-6(13)7(2-5(4)12)18-9-3-8(14)16-10(15)17-9/h1-3H,(H2,15,16,17). The van der Waals surface area contributed by atoms with E-state index < -0.39 is 0 Å². The first-order chi connectivity index (χ1) is 8.45. The maximum absolute atomic E-state index is 6.01. The number of anilines is 1. The molecule has 8 heteroatoms. The van der Waals surface area contributed by atoms with Crippen molar-refractivity contribution >= 4 is 56.7 Å². The van der Waals surface area contributed by atoms with Gasteiger partial charge >= 0.3 is 0 Å². The topological polar surface area (TPSA) is 61.0 Å². The van der Waals surface area contributed by atoms with Gasteiger partial charge in [-0.1, -0.05) is 34.8 Å². The molecule has 0 spiro atoms. The van der Waals surface area contributed by atoms with Gasteiger partial charge in [0.15, 0.2) is 0 Å². The minimum atomic E-state index is 0.0110. The maximum atomic E-state index is 6.01. The van der Waals surface area contributed by atoms with Crippen LogP contribution in [-0.4, -0.2) is 9.97 Å². The van der Waals surface area contributed by atoms with Gasteiger partial charge in [0.25, 0.3) is 0 Å². The quantitative estimate of drug-likeness (QED) is 0.622. The van der Waals surface area contributed by atoms with Crippen molar-refractivity contribution < 1.29 is 4.74 Å². The Hall–Kier alpha value is -0.750. The molecular formula is C10H5BrCl3N3O. The summed E-state index contributed by atoms with van der Waals surface area (Å²) >= 11 is 20.9. The van der Waals surface area contributed by atoms with E-state index in [0.29, 0.717) is 20.3 Å². The normalized spacial score (nSPS) is 10.4. The predicted molar refractivity (Wildman–Crippen MR) is 75.7 cm³/mol. The number of nitrogens with zero attached hydrogens (tertiary/aromatic N) is 2. The fourth-order valence-electron chi connectivity index (χ4n) is 1.16. The highest BCUT2D eigenvalue weighted by molar-refractivity contribution is 9.10. The first kappa shape index (κ1) is 13.7. The zero-order valence-electron chi connectivity index (χ0n) is 8.62.